The topological polar surface area (TPSA) is 146 Å². The molecule has 2 rings (SSSR count). The number of azide groups is 1. The fourth-order valence-corrected chi connectivity index (χ4v) is 2.80. The van der Waals surface area contributed by atoms with Crippen LogP contribution in [0.2, 0.25) is 0 Å². The molecule has 0 aliphatic carbocycles. The van der Waals surface area contributed by atoms with Crippen LogP contribution in [0, 0.1) is 0 Å². The van der Waals surface area contributed by atoms with Gasteiger partial charge in [-0.2, -0.15) is 0 Å². The summed E-state index contributed by atoms with van der Waals surface area (Å²) < 4.78 is 16.7. The summed E-state index contributed by atoms with van der Waals surface area (Å²) in [6.07, 6.45) is -4.22. The van der Waals surface area contributed by atoms with Crippen molar-refractivity contribution in [2.75, 3.05) is 13.7 Å². The summed E-state index contributed by atoms with van der Waals surface area (Å²) in [4.78, 5) is 14.2. The van der Waals surface area contributed by atoms with Crippen molar-refractivity contribution in [1.29, 1.82) is 0 Å². The van der Waals surface area contributed by atoms with Gasteiger partial charge in [0.2, 0.25) is 0 Å². The van der Waals surface area contributed by atoms with E-state index in [1.54, 1.807) is 0 Å². The number of nitrogens with zero attached hydrogens (tertiary/aromatic N) is 3. The lowest BCUT2D eigenvalue weighted by Crippen LogP contribution is -2.64. The van der Waals surface area contributed by atoms with Crippen molar-refractivity contribution in [1.82, 2.24) is 5.32 Å². The fraction of sp³-hybridized carbons (Fsp3) is 0.533. The van der Waals surface area contributed by atoms with E-state index in [1.165, 1.54) is 7.11 Å². The Bertz CT molecular complexity index is 654. The van der Waals surface area contributed by atoms with E-state index >= 15 is 0 Å². The number of ether oxygens (including phenoxy) is 3. The lowest BCUT2D eigenvalue weighted by Gasteiger charge is -2.42. The molecule has 1 heterocycles. The first-order valence-electron chi connectivity index (χ1n) is 7.69. The second-order valence-corrected chi connectivity index (χ2v) is 6.43. The number of methoxy groups -OCH3 is 1. The molecule has 1 saturated heterocycles. The third-order valence-electron chi connectivity index (χ3n) is 3.86. The summed E-state index contributed by atoms with van der Waals surface area (Å²) in [5.41, 5.74) is 9.50. The van der Waals surface area contributed by atoms with Crippen LogP contribution in [0.5, 0.6) is 0 Å². The molecule has 1 aromatic carbocycles. The van der Waals surface area contributed by atoms with Gasteiger partial charge in [0.1, 0.15) is 6.04 Å². The zero-order valence-corrected chi connectivity index (χ0v) is 15.4. The van der Waals surface area contributed by atoms with Crippen molar-refractivity contribution in [2.24, 2.45) is 5.11 Å². The van der Waals surface area contributed by atoms with Gasteiger partial charge < -0.3 is 29.7 Å². The molecule has 10 nitrogen and oxygen atoms in total. The van der Waals surface area contributed by atoms with Crippen molar-refractivity contribution >= 4 is 22.0 Å². The van der Waals surface area contributed by atoms with Crippen LogP contribution in [0.3, 0.4) is 0 Å². The maximum atomic E-state index is 11.6. The minimum atomic E-state index is -1.34. The third-order valence-corrected chi connectivity index (χ3v) is 4.39. The monoisotopic (exact) mass is 430 g/mol. The van der Waals surface area contributed by atoms with Gasteiger partial charge in [0.25, 0.3) is 0 Å². The molecule has 0 aromatic heterocycles. The van der Waals surface area contributed by atoms with Gasteiger partial charge in [-0.3, -0.25) is 0 Å². The van der Waals surface area contributed by atoms with E-state index in [0.717, 1.165) is 10.0 Å². The minimum Gasteiger partial charge on any atom is -0.453 e. The van der Waals surface area contributed by atoms with Crippen molar-refractivity contribution in [3.05, 3.63) is 44.7 Å². The van der Waals surface area contributed by atoms with Gasteiger partial charge in [0.05, 0.1) is 38.6 Å². The van der Waals surface area contributed by atoms with Crippen LogP contribution in [-0.2, 0) is 20.8 Å². The molecule has 11 heteroatoms. The van der Waals surface area contributed by atoms with Crippen LogP contribution in [0.4, 0.5) is 4.79 Å². The quantitative estimate of drug-likeness (QED) is 0.353. The Labute approximate surface area is 157 Å². The molecule has 142 valence electrons. The number of benzene rings is 1. The molecule has 1 aliphatic heterocycles. The predicted octanol–water partition coefficient (Wildman–Crippen LogP) is 1.45. The van der Waals surface area contributed by atoms with Gasteiger partial charge in [0.15, 0.2) is 6.29 Å². The molecule has 26 heavy (non-hydrogen) atoms. The molecule has 1 aromatic rings. The highest BCUT2D eigenvalue weighted by molar-refractivity contribution is 9.10. The largest absolute Gasteiger partial charge is 0.453 e. The number of aliphatic hydroxyl groups is 2. The summed E-state index contributed by atoms with van der Waals surface area (Å²) in [5, 5.41) is 25.8. The van der Waals surface area contributed by atoms with E-state index in [9.17, 15) is 15.0 Å². The van der Waals surface area contributed by atoms with Crippen molar-refractivity contribution in [3.8, 4) is 0 Å². The highest BCUT2D eigenvalue weighted by atomic mass is 79.9. The lowest BCUT2D eigenvalue weighted by molar-refractivity contribution is -0.246. The van der Waals surface area contributed by atoms with Crippen LogP contribution in [0.25, 0.3) is 10.4 Å². The van der Waals surface area contributed by atoms with Gasteiger partial charge in [-0.1, -0.05) is 33.2 Å². The zero-order chi connectivity index (χ0) is 19.1. The molecular formula is C15H19BrN4O6. The van der Waals surface area contributed by atoms with E-state index in [0.29, 0.717) is 0 Å². The van der Waals surface area contributed by atoms with Crippen molar-refractivity contribution < 1.29 is 29.2 Å². The normalized spacial score (nSPS) is 28.1. The number of nitrogens with one attached hydrogen (secondary N) is 1. The molecule has 0 saturated carbocycles. The summed E-state index contributed by atoms with van der Waals surface area (Å²) in [6.45, 7) is -0.363. The summed E-state index contributed by atoms with van der Waals surface area (Å²) in [6, 6.07) is 5.19. The molecular weight excluding hydrogens is 412 g/mol. The first-order chi connectivity index (χ1) is 12.5. The highest BCUT2D eigenvalue weighted by Crippen LogP contribution is 2.25. The first-order valence-corrected chi connectivity index (χ1v) is 8.48. The Morgan fingerprint density at radius 1 is 1.46 bits per heavy atom. The smallest absolute Gasteiger partial charge is 0.407 e. The van der Waals surface area contributed by atoms with Crippen LogP contribution in [0.15, 0.2) is 33.9 Å². The second kappa shape index (κ2) is 9.72. The van der Waals surface area contributed by atoms with Gasteiger partial charge >= 0.3 is 6.09 Å². The summed E-state index contributed by atoms with van der Waals surface area (Å²) >= 11 is 3.34. The number of hydrogen-bond acceptors (Lipinski definition) is 7. The molecule has 3 N–H and O–H groups in total. The summed E-state index contributed by atoms with van der Waals surface area (Å²) in [7, 11) is 1.17. The van der Waals surface area contributed by atoms with E-state index in [4.69, 9.17) is 15.0 Å². The number of halogens is 1. The van der Waals surface area contributed by atoms with Crippen LogP contribution in [0.1, 0.15) is 5.56 Å². The maximum absolute atomic E-state index is 11.6. The molecule has 5 atom stereocenters. The van der Waals surface area contributed by atoms with E-state index in [2.05, 4.69) is 36.0 Å². The average Bonchev–Trinajstić information content (AvgIpc) is 2.65. The maximum Gasteiger partial charge on any atom is 0.407 e. The van der Waals surface area contributed by atoms with E-state index in [1.807, 2.05) is 24.3 Å². The number of rotatable bonds is 6. The number of alkyl carbamates (subject to hydrolysis) is 1. The van der Waals surface area contributed by atoms with Crippen LogP contribution < -0.4 is 5.32 Å². The molecule has 0 unspecified atom stereocenters. The van der Waals surface area contributed by atoms with Crippen molar-refractivity contribution in [3.63, 3.8) is 0 Å². The highest BCUT2D eigenvalue weighted by Gasteiger charge is 2.46. The van der Waals surface area contributed by atoms with Crippen LogP contribution in [-0.4, -0.2) is 60.6 Å². The Morgan fingerprint density at radius 3 is 2.73 bits per heavy atom. The van der Waals surface area contributed by atoms with Gasteiger partial charge in [-0.25, -0.2) is 4.79 Å². The predicted molar refractivity (Wildman–Crippen MR) is 92.9 cm³/mol. The molecule has 1 amide bonds. The molecule has 1 aliphatic rings. The lowest BCUT2D eigenvalue weighted by atomic mass is 9.95. The fourth-order valence-electron chi connectivity index (χ4n) is 2.53. The number of carbonyl (C=O) groups excluding carboxylic acids is 1. The Balaban J connectivity index is 2.16. The Kier molecular flexibility index (Phi) is 7.64. The van der Waals surface area contributed by atoms with Gasteiger partial charge in [0, 0.05) is 9.38 Å². The average molecular weight is 431 g/mol. The molecule has 0 spiro atoms. The van der Waals surface area contributed by atoms with E-state index in [-0.39, 0.29) is 6.61 Å². The van der Waals surface area contributed by atoms with E-state index < -0.39 is 43.3 Å². The molecule has 0 radical (unpaired) electrons. The standard InChI is InChI=1S/C15H19BrN4O6/c1-24-15(23)18-12-13(22)11(19-20-17)10(6-21)26-14(12)25-7-8-2-4-9(16)5-3-8/h2-5,10-14,21-22H,6-7H2,1H3,(H,18,23)/t10-,11+,12-,13+,14-/m1/s1. The van der Waals surface area contributed by atoms with Gasteiger partial charge in [-0.05, 0) is 23.2 Å². The molecule has 1 fully saturated rings. The number of aliphatic hydroxyl groups excluding tert-OH is 2. The zero-order valence-electron chi connectivity index (χ0n) is 13.9. The Hall–Kier alpha value is -1.88. The third kappa shape index (κ3) is 5.07. The van der Waals surface area contributed by atoms with Crippen molar-refractivity contribution in [2.45, 2.75) is 37.2 Å². The number of carbonyl (C=O) groups is 1. The second-order valence-electron chi connectivity index (χ2n) is 5.51. The number of amides is 1. The first kappa shape index (κ1) is 20.4. The van der Waals surface area contributed by atoms with Crippen LogP contribution >= 0.6 is 15.9 Å². The minimum absolute atomic E-state index is 0.133. The Morgan fingerprint density at radius 2 is 2.15 bits per heavy atom. The number of hydrogen-bond donors (Lipinski definition) is 3. The van der Waals surface area contributed by atoms with Gasteiger partial charge in [-0.15, -0.1) is 0 Å². The molecule has 0 bridgehead atoms. The SMILES string of the molecule is COC(=O)N[C@H]1[C@H](OCc2ccc(Br)cc2)O[C@H](CO)[C@H](N=[N+]=[N-])[C@@H]1O. The summed E-state index contributed by atoms with van der Waals surface area (Å²) in [5.74, 6) is 0.